The molecule has 2 bridgehead atoms. The Morgan fingerprint density at radius 2 is 2.03 bits per heavy atom. The summed E-state index contributed by atoms with van der Waals surface area (Å²) < 4.78 is 12.9. The van der Waals surface area contributed by atoms with Gasteiger partial charge in [-0.1, -0.05) is 24.6 Å². The van der Waals surface area contributed by atoms with Crippen LogP contribution in [-0.4, -0.2) is 35.1 Å². The van der Waals surface area contributed by atoms with E-state index in [-0.39, 0.29) is 29.9 Å². The van der Waals surface area contributed by atoms with E-state index in [2.05, 4.69) is 0 Å². The standard InChI is InChI=1S/C24H23ClN2O5/c1-2-15-7-24(30)32-20-9-21(18(25)8-17(15)20)31-13-23(29)26-10-14-6-16(12-26)19-4-3-5-22(28)27(19)11-14/h3-5,7-9,14,16H,2,6,10-13H2,1H3/t14-,16+/m1/s1. The smallest absolute Gasteiger partial charge is 0.336 e. The molecule has 5 rings (SSSR count). The van der Waals surface area contributed by atoms with E-state index < -0.39 is 5.63 Å². The molecular formula is C24H23ClN2O5. The second-order valence-electron chi connectivity index (χ2n) is 8.51. The molecule has 0 radical (unpaired) electrons. The molecule has 3 aromatic rings. The molecular weight excluding hydrogens is 432 g/mol. The average molecular weight is 455 g/mol. The highest BCUT2D eigenvalue weighted by Crippen LogP contribution is 2.35. The van der Waals surface area contributed by atoms with Crippen LogP contribution in [0.1, 0.15) is 30.5 Å². The Balaban J connectivity index is 1.32. The first-order valence-electron chi connectivity index (χ1n) is 10.8. The summed E-state index contributed by atoms with van der Waals surface area (Å²) in [5.41, 5.74) is 1.81. The lowest BCUT2D eigenvalue weighted by molar-refractivity contribution is -0.136. The number of halogens is 1. The van der Waals surface area contributed by atoms with Crippen molar-refractivity contribution in [1.29, 1.82) is 0 Å². The topological polar surface area (TPSA) is 81.8 Å². The van der Waals surface area contributed by atoms with Crippen molar-refractivity contribution in [2.75, 3.05) is 19.7 Å². The molecule has 2 atom stereocenters. The van der Waals surface area contributed by atoms with Crippen LogP contribution >= 0.6 is 11.6 Å². The summed E-state index contributed by atoms with van der Waals surface area (Å²) in [7, 11) is 0. The molecule has 4 heterocycles. The first kappa shape index (κ1) is 20.8. The number of likely N-dealkylation sites (tertiary alicyclic amines) is 1. The van der Waals surface area contributed by atoms with E-state index >= 15 is 0 Å². The van der Waals surface area contributed by atoms with Crippen LogP contribution in [0.2, 0.25) is 5.02 Å². The zero-order chi connectivity index (χ0) is 22.4. The molecule has 2 aromatic heterocycles. The zero-order valence-electron chi connectivity index (χ0n) is 17.7. The van der Waals surface area contributed by atoms with E-state index in [9.17, 15) is 14.4 Å². The summed E-state index contributed by atoms with van der Waals surface area (Å²) in [4.78, 5) is 38.7. The number of carbonyl (C=O) groups excluding carboxylic acids is 1. The number of hydrogen-bond acceptors (Lipinski definition) is 5. The first-order chi connectivity index (χ1) is 15.4. The Morgan fingerprint density at radius 1 is 1.19 bits per heavy atom. The van der Waals surface area contributed by atoms with E-state index in [1.165, 1.54) is 6.07 Å². The van der Waals surface area contributed by atoms with Crippen molar-refractivity contribution in [3.05, 3.63) is 73.5 Å². The minimum absolute atomic E-state index is 0.0177. The SMILES string of the molecule is CCc1cc(=O)oc2cc(OCC(=O)N3C[C@H]4C[C@@H](C3)c3cccc(=O)n3C4)c(Cl)cc12. The summed E-state index contributed by atoms with van der Waals surface area (Å²) in [6.45, 7) is 3.57. The normalized spacial score (nSPS) is 19.6. The summed E-state index contributed by atoms with van der Waals surface area (Å²) in [5.74, 6) is 0.562. The number of pyridine rings is 1. The van der Waals surface area contributed by atoms with Gasteiger partial charge in [-0.3, -0.25) is 9.59 Å². The molecule has 0 unspecified atom stereocenters. The number of fused-ring (bicyclic) bond motifs is 5. The van der Waals surface area contributed by atoms with Gasteiger partial charge in [0.25, 0.3) is 11.5 Å². The molecule has 1 aromatic carbocycles. The van der Waals surface area contributed by atoms with Crippen LogP contribution in [0.4, 0.5) is 0 Å². The molecule has 1 amide bonds. The van der Waals surface area contributed by atoms with Gasteiger partial charge in [-0.05, 0) is 36.5 Å². The van der Waals surface area contributed by atoms with Gasteiger partial charge in [0.15, 0.2) is 6.61 Å². The number of amides is 1. The fraction of sp³-hybridized carbons (Fsp3) is 0.375. The first-order valence-corrected chi connectivity index (χ1v) is 11.2. The molecule has 0 N–H and O–H groups in total. The van der Waals surface area contributed by atoms with E-state index in [1.807, 2.05) is 22.5 Å². The minimum Gasteiger partial charge on any atom is -0.482 e. The monoisotopic (exact) mass is 454 g/mol. The van der Waals surface area contributed by atoms with Gasteiger partial charge in [0.05, 0.1) is 5.02 Å². The predicted molar refractivity (Wildman–Crippen MR) is 120 cm³/mol. The van der Waals surface area contributed by atoms with Crippen LogP contribution in [0.15, 0.2) is 50.4 Å². The van der Waals surface area contributed by atoms with Crippen LogP contribution in [-0.2, 0) is 17.8 Å². The summed E-state index contributed by atoms with van der Waals surface area (Å²) in [5, 5.41) is 1.12. The fourth-order valence-corrected chi connectivity index (χ4v) is 5.18. The van der Waals surface area contributed by atoms with Crippen molar-refractivity contribution in [3.8, 4) is 5.75 Å². The van der Waals surface area contributed by atoms with Crippen LogP contribution in [0.5, 0.6) is 5.75 Å². The van der Waals surface area contributed by atoms with Crippen LogP contribution in [0.25, 0.3) is 11.0 Å². The third kappa shape index (κ3) is 3.71. The number of aromatic nitrogens is 1. The Morgan fingerprint density at radius 3 is 2.84 bits per heavy atom. The number of hydrogen-bond donors (Lipinski definition) is 0. The highest BCUT2D eigenvalue weighted by atomic mass is 35.5. The van der Waals surface area contributed by atoms with Crippen LogP contribution < -0.4 is 15.9 Å². The van der Waals surface area contributed by atoms with Gasteiger partial charge in [0.1, 0.15) is 11.3 Å². The highest BCUT2D eigenvalue weighted by molar-refractivity contribution is 6.32. The van der Waals surface area contributed by atoms with Gasteiger partial charge in [-0.15, -0.1) is 0 Å². The van der Waals surface area contributed by atoms with Gasteiger partial charge in [-0.2, -0.15) is 0 Å². The van der Waals surface area contributed by atoms with Crippen molar-refractivity contribution < 1.29 is 13.9 Å². The van der Waals surface area contributed by atoms with Gasteiger partial charge >= 0.3 is 5.63 Å². The predicted octanol–water partition coefficient (Wildman–Crippen LogP) is 3.20. The van der Waals surface area contributed by atoms with Crippen LogP contribution in [0.3, 0.4) is 0 Å². The van der Waals surface area contributed by atoms with E-state index in [0.29, 0.717) is 42.4 Å². The summed E-state index contributed by atoms with van der Waals surface area (Å²) in [6, 6.07) is 10.1. The van der Waals surface area contributed by atoms with E-state index in [0.717, 1.165) is 23.1 Å². The number of ether oxygens (including phenoxy) is 1. The molecule has 7 nitrogen and oxygen atoms in total. The van der Waals surface area contributed by atoms with Crippen molar-refractivity contribution in [2.24, 2.45) is 5.92 Å². The van der Waals surface area contributed by atoms with Crippen LogP contribution in [0, 0.1) is 5.92 Å². The third-order valence-electron chi connectivity index (χ3n) is 6.45. The second-order valence-corrected chi connectivity index (χ2v) is 8.92. The van der Waals surface area contributed by atoms with Crippen molar-refractivity contribution >= 4 is 28.5 Å². The number of rotatable bonds is 4. The highest BCUT2D eigenvalue weighted by Gasteiger charge is 2.36. The maximum Gasteiger partial charge on any atom is 0.336 e. The van der Waals surface area contributed by atoms with Gasteiger partial charge in [0.2, 0.25) is 0 Å². The lowest BCUT2D eigenvalue weighted by atomic mass is 9.83. The number of benzene rings is 1. The molecule has 0 aliphatic carbocycles. The fourth-order valence-electron chi connectivity index (χ4n) is 4.96. The summed E-state index contributed by atoms with van der Waals surface area (Å²) in [6.07, 6.45) is 1.65. The van der Waals surface area contributed by atoms with E-state index in [1.54, 1.807) is 24.3 Å². The molecule has 1 saturated heterocycles. The van der Waals surface area contributed by atoms with Gasteiger partial charge in [0, 0.05) is 54.8 Å². The molecule has 0 saturated carbocycles. The molecule has 8 heteroatoms. The maximum atomic E-state index is 12.9. The Kier molecular flexibility index (Phi) is 5.29. The lowest BCUT2D eigenvalue weighted by Crippen LogP contribution is -2.50. The zero-order valence-corrected chi connectivity index (χ0v) is 18.4. The Bertz CT molecular complexity index is 1330. The molecule has 2 aliphatic rings. The Hall–Kier alpha value is -3.06. The minimum atomic E-state index is -0.432. The molecule has 0 spiro atoms. The lowest BCUT2D eigenvalue weighted by Gasteiger charge is -2.42. The number of carbonyl (C=O) groups is 1. The number of nitrogens with zero attached hydrogens (tertiary/aromatic N) is 2. The Labute approximate surface area is 189 Å². The van der Waals surface area contributed by atoms with E-state index in [4.69, 9.17) is 20.8 Å². The number of aryl methyl sites for hydroxylation is 1. The second kappa shape index (κ2) is 8.13. The van der Waals surface area contributed by atoms with Gasteiger partial charge in [-0.25, -0.2) is 4.79 Å². The largest absolute Gasteiger partial charge is 0.482 e. The van der Waals surface area contributed by atoms with Crippen molar-refractivity contribution in [1.82, 2.24) is 9.47 Å². The molecule has 166 valence electrons. The molecule has 1 fully saturated rings. The quantitative estimate of drug-likeness (QED) is 0.565. The summed E-state index contributed by atoms with van der Waals surface area (Å²) >= 11 is 6.39. The molecule has 2 aliphatic heterocycles. The van der Waals surface area contributed by atoms with Crippen molar-refractivity contribution in [3.63, 3.8) is 0 Å². The van der Waals surface area contributed by atoms with Crippen molar-refractivity contribution in [2.45, 2.75) is 32.2 Å². The average Bonchev–Trinajstić information content (AvgIpc) is 2.78. The van der Waals surface area contributed by atoms with Gasteiger partial charge < -0.3 is 18.6 Å². The molecule has 32 heavy (non-hydrogen) atoms. The maximum absolute atomic E-state index is 12.9. The number of piperidine rings is 1. The third-order valence-corrected chi connectivity index (χ3v) is 6.74.